The maximum absolute atomic E-state index is 12.7. The van der Waals surface area contributed by atoms with Crippen LogP contribution in [0.4, 0.5) is 11.4 Å². The predicted molar refractivity (Wildman–Crippen MR) is 117 cm³/mol. The summed E-state index contributed by atoms with van der Waals surface area (Å²) in [4.78, 5) is 36.3. The highest BCUT2D eigenvalue weighted by atomic mass is 35.5. The van der Waals surface area contributed by atoms with Gasteiger partial charge < -0.3 is 5.73 Å². The molecule has 0 aromatic heterocycles. The lowest BCUT2D eigenvalue weighted by molar-refractivity contribution is -0.384. The zero-order valence-electron chi connectivity index (χ0n) is 15.1. The van der Waals surface area contributed by atoms with Gasteiger partial charge in [0, 0.05) is 29.1 Å². The summed E-state index contributed by atoms with van der Waals surface area (Å²) in [6.45, 7) is 0. The second kappa shape index (κ2) is 9.24. The molecular weight excluding hydrogens is 453 g/mol. The van der Waals surface area contributed by atoms with Crippen LogP contribution in [0.2, 0.25) is 10.0 Å². The molecule has 1 aliphatic rings. The summed E-state index contributed by atoms with van der Waals surface area (Å²) in [6.07, 6.45) is 1.21. The lowest BCUT2D eigenvalue weighted by atomic mass is 10.2. The van der Waals surface area contributed by atoms with Gasteiger partial charge in [0.25, 0.3) is 5.69 Å². The Labute approximate surface area is 184 Å². The van der Waals surface area contributed by atoms with Gasteiger partial charge in [-0.2, -0.15) is 5.10 Å². The number of hydrogen-bond acceptors (Lipinski definition) is 7. The summed E-state index contributed by atoms with van der Waals surface area (Å²) in [5.74, 6) is -0.926. The summed E-state index contributed by atoms with van der Waals surface area (Å²) in [6, 6.07) is 10.3. The van der Waals surface area contributed by atoms with E-state index in [4.69, 9.17) is 28.9 Å². The Morgan fingerprint density at radius 3 is 2.77 bits per heavy atom. The Hall–Kier alpha value is -2.95. The Balaban J connectivity index is 1.69. The van der Waals surface area contributed by atoms with E-state index < -0.39 is 22.0 Å². The minimum atomic E-state index is -0.788. The minimum Gasteiger partial charge on any atom is -0.377 e. The number of hydrogen-bond donors (Lipinski definition) is 1. The zero-order valence-corrected chi connectivity index (χ0v) is 17.4. The van der Waals surface area contributed by atoms with E-state index in [0.29, 0.717) is 10.6 Å². The number of carbonyl (C=O) groups is 2. The summed E-state index contributed by atoms with van der Waals surface area (Å²) in [5.41, 5.74) is 6.39. The number of nitro benzene ring substituents is 1. The van der Waals surface area contributed by atoms with E-state index >= 15 is 0 Å². The van der Waals surface area contributed by atoms with Crippen molar-refractivity contribution in [2.75, 3.05) is 4.90 Å². The van der Waals surface area contributed by atoms with Gasteiger partial charge in [0.1, 0.15) is 5.25 Å². The molecule has 0 saturated carbocycles. The normalized spacial score (nSPS) is 17.2. The van der Waals surface area contributed by atoms with Crippen molar-refractivity contribution in [3.8, 4) is 0 Å². The van der Waals surface area contributed by atoms with Crippen molar-refractivity contribution < 1.29 is 14.5 Å². The van der Waals surface area contributed by atoms with Crippen molar-refractivity contribution in [1.82, 2.24) is 0 Å². The molecule has 2 aromatic rings. The number of amidine groups is 1. The third kappa shape index (κ3) is 4.96. The topological polar surface area (TPSA) is 131 Å². The Kier molecular flexibility index (Phi) is 6.70. The largest absolute Gasteiger partial charge is 0.377 e. The number of nitrogens with zero attached hydrogens (tertiary/aromatic N) is 4. The molecule has 0 radical (unpaired) electrons. The molecule has 3 rings (SSSR count). The number of anilines is 1. The second-order valence-electron chi connectivity index (χ2n) is 6.01. The minimum absolute atomic E-state index is 0.0399. The highest BCUT2D eigenvalue weighted by Crippen LogP contribution is 2.35. The van der Waals surface area contributed by atoms with Gasteiger partial charge in [-0.15, -0.1) is 5.10 Å². The quantitative estimate of drug-likeness (QED) is 0.235. The number of non-ortho nitro benzene ring substituents is 1. The first-order valence-corrected chi connectivity index (χ1v) is 9.99. The van der Waals surface area contributed by atoms with Crippen LogP contribution in [0.1, 0.15) is 12.0 Å². The molecule has 9 nitrogen and oxygen atoms in total. The van der Waals surface area contributed by atoms with E-state index in [1.807, 2.05) is 0 Å². The number of benzene rings is 2. The Bertz CT molecular complexity index is 1090. The highest BCUT2D eigenvalue weighted by molar-refractivity contribution is 8.14. The van der Waals surface area contributed by atoms with Gasteiger partial charge in [0.2, 0.25) is 11.8 Å². The molecule has 1 unspecified atom stereocenters. The molecule has 1 heterocycles. The molecule has 154 valence electrons. The summed E-state index contributed by atoms with van der Waals surface area (Å²) in [7, 11) is 0. The van der Waals surface area contributed by atoms with E-state index in [1.54, 1.807) is 12.1 Å². The van der Waals surface area contributed by atoms with Gasteiger partial charge in [-0.1, -0.05) is 47.1 Å². The molecule has 2 N–H and O–H groups in total. The third-order valence-electron chi connectivity index (χ3n) is 3.96. The molecule has 2 amide bonds. The van der Waals surface area contributed by atoms with Crippen LogP contribution in [-0.2, 0) is 9.59 Å². The van der Waals surface area contributed by atoms with Crippen LogP contribution in [-0.4, -0.2) is 33.4 Å². The fourth-order valence-corrected chi connectivity index (χ4v) is 3.83. The first-order chi connectivity index (χ1) is 14.3. The molecule has 0 aliphatic carbocycles. The highest BCUT2D eigenvalue weighted by Gasteiger charge is 2.41. The van der Waals surface area contributed by atoms with Crippen LogP contribution < -0.4 is 10.6 Å². The summed E-state index contributed by atoms with van der Waals surface area (Å²) < 4.78 is 0. The van der Waals surface area contributed by atoms with Crippen LogP contribution in [0.25, 0.3) is 0 Å². The smallest absolute Gasteiger partial charge is 0.270 e. The molecule has 1 saturated heterocycles. The number of halogens is 2. The van der Waals surface area contributed by atoms with Crippen molar-refractivity contribution in [2.24, 2.45) is 15.9 Å². The molecule has 30 heavy (non-hydrogen) atoms. The van der Waals surface area contributed by atoms with Crippen LogP contribution in [0.15, 0.2) is 52.7 Å². The SMILES string of the molecule is N/C(=N\N=C\c1cccc([N+](=O)[O-])c1)SC1CC(=O)N(c2cc(Cl)ccc2Cl)C1=O. The van der Waals surface area contributed by atoms with E-state index in [0.717, 1.165) is 16.7 Å². The number of amides is 2. The van der Waals surface area contributed by atoms with Gasteiger partial charge in [0.15, 0.2) is 5.17 Å². The van der Waals surface area contributed by atoms with Gasteiger partial charge in [0.05, 0.1) is 21.8 Å². The maximum Gasteiger partial charge on any atom is 0.270 e. The van der Waals surface area contributed by atoms with Crippen molar-refractivity contribution in [3.63, 3.8) is 0 Å². The first kappa shape index (κ1) is 21.8. The lowest BCUT2D eigenvalue weighted by Gasteiger charge is -2.16. The number of imide groups is 1. The van der Waals surface area contributed by atoms with E-state index in [9.17, 15) is 19.7 Å². The Morgan fingerprint density at radius 1 is 1.27 bits per heavy atom. The van der Waals surface area contributed by atoms with Crippen LogP contribution in [0, 0.1) is 10.1 Å². The summed E-state index contributed by atoms with van der Waals surface area (Å²) >= 11 is 12.9. The number of rotatable bonds is 5. The predicted octanol–water partition coefficient (Wildman–Crippen LogP) is 3.62. The van der Waals surface area contributed by atoms with Crippen LogP contribution >= 0.6 is 35.0 Å². The van der Waals surface area contributed by atoms with Crippen molar-refractivity contribution in [2.45, 2.75) is 11.7 Å². The molecule has 1 aliphatic heterocycles. The number of thioether (sulfide) groups is 1. The first-order valence-electron chi connectivity index (χ1n) is 8.35. The number of nitrogens with two attached hydrogens (primary N) is 1. The van der Waals surface area contributed by atoms with Crippen molar-refractivity contribution >= 4 is 69.5 Å². The van der Waals surface area contributed by atoms with Crippen LogP contribution in [0.3, 0.4) is 0 Å². The molecule has 0 bridgehead atoms. The van der Waals surface area contributed by atoms with Gasteiger partial charge >= 0.3 is 0 Å². The number of nitro groups is 1. The zero-order chi connectivity index (χ0) is 21.8. The van der Waals surface area contributed by atoms with Crippen LogP contribution in [0.5, 0.6) is 0 Å². The van der Waals surface area contributed by atoms with Gasteiger partial charge in [-0.3, -0.25) is 19.7 Å². The molecule has 12 heteroatoms. The van der Waals surface area contributed by atoms with Gasteiger partial charge in [-0.25, -0.2) is 4.90 Å². The average molecular weight is 466 g/mol. The third-order valence-corrected chi connectivity index (χ3v) is 5.49. The van der Waals surface area contributed by atoms with E-state index in [2.05, 4.69) is 10.2 Å². The van der Waals surface area contributed by atoms with Crippen molar-refractivity contribution in [1.29, 1.82) is 0 Å². The monoisotopic (exact) mass is 465 g/mol. The van der Waals surface area contributed by atoms with Crippen molar-refractivity contribution in [3.05, 3.63) is 68.2 Å². The van der Waals surface area contributed by atoms with E-state index in [-0.39, 0.29) is 28.0 Å². The number of carbonyl (C=O) groups excluding carboxylic acids is 2. The standard InChI is InChI=1S/C18H13Cl2N5O4S/c19-11-4-5-13(20)14(7-11)24-16(26)8-15(17(24)27)30-18(21)23-22-9-10-2-1-3-12(6-10)25(28)29/h1-7,9,15H,8H2,(H2,21,23)/b22-9+. The molecule has 2 aromatic carbocycles. The van der Waals surface area contributed by atoms with Gasteiger partial charge in [-0.05, 0) is 18.2 Å². The average Bonchev–Trinajstić information content (AvgIpc) is 2.97. The molecule has 1 fully saturated rings. The Morgan fingerprint density at radius 2 is 2.03 bits per heavy atom. The summed E-state index contributed by atoms with van der Waals surface area (Å²) in [5, 5.41) is 18.1. The molecular formula is C18H13Cl2N5O4S. The van der Waals surface area contributed by atoms with E-state index in [1.165, 1.54) is 36.5 Å². The maximum atomic E-state index is 12.7. The lowest BCUT2D eigenvalue weighted by Crippen LogP contribution is -2.32. The molecule has 0 spiro atoms. The fourth-order valence-electron chi connectivity index (χ4n) is 2.65. The second-order valence-corrected chi connectivity index (χ2v) is 8.08. The molecule has 1 atom stereocenters. The fraction of sp³-hybridized carbons (Fsp3) is 0.111.